The van der Waals surface area contributed by atoms with E-state index in [1.54, 1.807) is 4.90 Å². The van der Waals surface area contributed by atoms with Crippen LogP contribution in [0.25, 0.3) is 0 Å². The number of hydrogen-bond acceptors (Lipinski definition) is 6. The fourth-order valence-electron chi connectivity index (χ4n) is 4.10. The molecule has 0 spiro atoms. The summed E-state index contributed by atoms with van der Waals surface area (Å²) < 4.78 is 47.7. The van der Waals surface area contributed by atoms with Crippen LogP contribution in [0, 0.1) is 16.7 Å². The predicted octanol–water partition coefficient (Wildman–Crippen LogP) is 2.26. The number of carbonyl (C=O) groups is 3. The summed E-state index contributed by atoms with van der Waals surface area (Å²) in [6, 6.07) is -1.34. The van der Waals surface area contributed by atoms with Crippen LogP contribution in [-0.4, -0.2) is 63.2 Å². The third-order valence-electron chi connectivity index (χ3n) is 6.20. The summed E-state index contributed by atoms with van der Waals surface area (Å²) in [6.45, 7) is 11.8. The highest BCUT2D eigenvalue weighted by atomic mass is 31.1. The Labute approximate surface area is 197 Å². The van der Waals surface area contributed by atoms with Crippen LogP contribution in [0.2, 0.25) is 0 Å². The van der Waals surface area contributed by atoms with Gasteiger partial charge in [-0.1, -0.05) is 48.0 Å². The number of piperidine rings is 1. The number of nitrogens with two attached hydrogens (primary N) is 1. The summed E-state index contributed by atoms with van der Waals surface area (Å²) in [6.07, 6.45) is -4.25. The van der Waals surface area contributed by atoms with E-state index in [1.807, 2.05) is 27.7 Å². The number of carboxylic acids is 1. The number of nitrogens with zero attached hydrogens (tertiary/aromatic N) is 1. The molecule has 14 heteroatoms. The first kappa shape index (κ1) is 30.3. The largest absolute Gasteiger partial charge is 0.490 e. The van der Waals surface area contributed by atoms with Crippen LogP contribution < -0.4 is 11.1 Å². The van der Waals surface area contributed by atoms with Crippen molar-refractivity contribution in [1.82, 2.24) is 10.2 Å². The number of nitrogens with one attached hydrogen (secondary N) is 1. The van der Waals surface area contributed by atoms with Crippen molar-refractivity contribution < 1.29 is 46.6 Å². The van der Waals surface area contributed by atoms with Crippen molar-refractivity contribution in [2.24, 2.45) is 22.5 Å². The lowest BCUT2D eigenvalue weighted by atomic mass is 9.86. The van der Waals surface area contributed by atoms with E-state index in [4.69, 9.17) is 25.1 Å². The lowest BCUT2D eigenvalue weighted by molar-refractivity contribution is -0.192. The van der Waals surface area contributed by atoms with E-state index in [0.29, 0.717) is 19.3 Å². The Morgan fingerprint density at radius 1 is 1.26 bits per heavy atom. The van der Waals surface area contributed by atoms with E-state index in [1.165, 1.54) is 0 Å². The Hall–Kier alpha value is -1.69. The summed E-state index contributed by atoms with van der Waals surface area (Å²) in [5.41, 5.74) is 5.76. The van der Waals surface area contributed by atoms with E-state index >= 15 is 0 Å². The molecule has 5 N–H and O–H groups in total. The molecular formula is C20H35F3N3O7P. The van der Waals surface area contributed by atoms with E-state index in [2.05, 4.69) is 19.2 Å². The van der Waals surface area contributed by atoms with Crippen molar-refractivity contribution in [1.29, 1.82) is 0 Å². The first-order valence-electron chi connectivity index (χ1n) is 10.8. The molecule has 0 bridgehead atoms. The molecule has 1 aliphatic heterocycles. The van der Waals surface area contributed by atoms with Gasteiger partial charge in [0.2, 0.25) is 11.8 Å². The molecule has 2 aliphatic rings. The zero-order chi connectivity index (χ0) is 26.8. The minimum Gasteiger partial charge on any atom is -0.475 e. The lowest BCUT2D eigenvalue weighted by Crippen LogP contribution is -2.58. The molecule has 1 heterocycles. The predicted molar refractivity (Wildman–Crippen MR) is 117 cm³/mol. The number of amides is 2. The molecule has 198 valence electrons. The molecule has 1 aliphatic carbocycles. The molecular weight excluding hydrogens is 482 g/mol. The quantitative estimate of drug-likeness (QED) is 0.296. The van der Waals surface area contributed by atoms with Crippen LogP contribution in [0.15, 0.2) is 0 Å². The van der Waals surface area contributed by atoms with Gasteiger partial charge in [0.25, 0.3) is 0 Å². The van der Waals surface area contributed by atoms with Gasteiger partial charge in [-0.15, -0.1) is 0 Å². The van der Waals surface area contributed by atoms with Crippen LogP contribution in [0.3, 0.4) is 0 Å². The molecule has 2 unspecified atom stereocenters. The van der Waals surface area contributed by atoms with Gasteiger partial charge in [-0.3, -0.25) is 18.7 Å². The number of hydrogen-bond donors (Lipinski definition) is 4. The number of alkyl halides is 3. The first-order valence-corrected chi connectivity index (χ1v) is 12.1. The summed E-state index contributed by atoms with van der Waals surface area (Å²) in [5.74, 6) is -3.07. The Morgan fingerprint density at radius 3 is 2.15 bits per heavy atom. The van der Waals surface area contributed by atoms with Crippen molar-refractivity contribution in [3.8, 4) is 0 Å². The Bertz CT molecular complexity index is 801. The van der Waals surface area contributed by atoms with Crippen LogP contribution >= 0.6 is 8.25 Å². The number of carbonyl (C=O) groups excluding carboxylic acids is 2. The summed E-state index contributed by atoms with van der Waals surface area (Å²) in [7, 11) is -3.17. The topological polar surface area (TPSA) is 159 Å². The van der Waals surface area contributed by atoms with Crippen LogP contribution in [0.5, 0.6) is 0 Å². The van der Waals surface area contributed by atoms with Gasteiger partial charge in [0, 0.05) is 6.04 Å². The third-order valence-corrected chi connectivity index (χ3v) is 6.68. The summed E-state index contributed by atoms with van der Waals surface area (Å²) in [5, 5.41) is 9.82. The second kappa shape index (κ2) is 10.9. The zero-order valence-electron chi connectivity index (χ0n) is 20.1. The van der Waals surface area contributed by atoms with Crippen molar-refractivity contribution in [3.05, 3.63) is 0 Å². The third kappa shape index (κ3) is 7.40. The SMILES string of the molecule is CCCC(NC(=O)[C@@H]1C[C@H]2[C@@H](N1C(=O)[C@@H](N)C(C)(C)C)C2(C)C)O[PH](=O)O.O=C(O)C(F)(F)F. The highest BCUT2D eigenvalue weighted by Crippen LogP contribution is 2.62. The molecule has 2 amide bonds. The summed E-state index contributed by atoms with van der Waals surface area (Å²) in [4.78, 5) is 45.6. The Morgan fingerprint density at radius 2 is 1.76 bits per heavy atom. The van der Waals surface area contributed by atoms with Crippen molar-refractivity contribution >= 4 is 26.0 Å². The highest BCUT2D eigenvalue weighted by Gasteiger charge is 2.69. The van der Waals surface area contributed by atoms with E-state index < -0.39 is 44.1 Å². The molecule has 34 heavy (non-hydrogen) atoms. The maximum Gasteiger partial charge on any atom is 0.490 e. The molecule has 2 fully saturated rings. The van der Waals surface area contributed by atoms with Gasteiger partial charge in [-0.25, -0.2) is 4.79 Å². The second-order valence-electron chi connectivity index (χ2n) is 10.2. The van der Waals surface area contributed by atoms with Gasteiger partial charge in [0.15, 0.2) is 0 Å². The van der Waals surface area contributed by atoms with Gasteiger partial charge in [-0.05, 0) is 29.6 Å². The maximum absolute atomic E-state index is 13.1. The smallest absolute Gasteiger partial charge is 0.475 e. The average molecular weight is 517 g/mol. The fraction of sp³-hybridized carbons (Fsp3) is 0.850. The standard InChI is InChI=1S/C18H34N3O5P.C2HF3O2/c1-7-8-12(26-27(24)25)20-15(22)11-9-10-14(18(10,5)6)21(11)16(23)13(19)17(2,3)4;3-2(4,5)1(6)7/h10-14,27H,7-9,19H2,1-6H3,(H,20,22)(H,24,25);(H,6,7)/t10-,11-,12?,13+,14+;/m0./s1. The fourth-order valence-corrected chi connectivity index (χ4v) is 4.52. The van der Waals surface area contributed by atoms with Gasteiger partial charge < -0.3 is 26.0 Å². The number of fused-ring (bicyclic) bond motifs is 1. The first-order chi connectivity index (χ1) is 15.3. The molecule has 0 aromatic rings. The molecule has 6 atom stereocenters. The minimum absolute atomic E-state index is 0.00309. The minimum atomic E-state index is -5.08. The maximum atomic E-state index is 13.1. The molecule has 0 aromatic heterocycles. The number of rotatable bonds is 7. The van der Waals surface area contributed by atoms with Crippen LogP contribution in [0.1, 0.15) is 60.8 Å². The molecule has 2 rings (SSSR count). The number of carboxylic acid groups (broad SMARTS) is 1. The van der Waals surface area contributed by atoms with E-state index in [0.717, 1.165) is 0 Å². The Kier molecular flexibility index (Phi) is 9.75. The lowest BCUT2D eigenvalue weighted by Gasteiger charge is -2.36. The average Bonchev–Trinajstić information content (AvgIpc) is 3.00. The molecule has 0 aromatic carbocycles. The molecule has 1 saturated carbocycles. The summed E-state index contributed by atoms with van der Waals surface area (Å²) >= 11 is 0. The van der Waals surface area contributed by atoms with Gasteiger partial charge in [-0.2, -0.15) is 13.2 Å². The zero-order valence-corrected chi connectivity index (χ0v) is 21.1. The molecule has 10 nitrogen and oxygen atoms in total. The molecule has 0 radical (unpaired) electrons. The number of halogens is 3. The van der Waals surface area contributed by atoms with Crippen molar-refractivity contribution in [2.45, 2.75) is 91.3 Å². The highest BCUT2D eigenvalue weighted by molar-refractivity contribution is 7.32. The van der Waals surface area contributed by atoms with Gasteiger partial charge in [0.05, 0.1) is 6.04 Å². The second-order valence-corrected chi connectivity index (χ2v) is 11.0. The van der Waals surface area contributed by atoms with Crippen LogP contribution in [0.4, 0.5) is 13.2 Å². The number of aliphatic carboxylic acids is 1. The van der Waals surface area contributed by atoms with Crippen LogP contribution in [-0.2, 0) is 23.5 Å². The van der Waals surface area contributed by atoms with Gasteiger partial charge in [0.1, 0.15) is 12.3 Å². The van der Waals surface area contributed by atoms with Crippen molar-refractivity contribution in [3.63, 3.8) is 0 Å². The van der Waals surface area contributed by atoms with E-state index in [9.17, 15) is 27.3 Å². The Balaban J connectivity index is 0.000000718. The van der Waals surface area contributed by atoms with Gasteiger partial charge >= 0.3 is 20.4 Å². The molecule has 1 saturated heterocycles. The normalized spacial score (nSPS) is 25.9. The van der Waals surface area contributed by atoms with E-state index in [-0.39, 0.29) is 29.2 Å². The van der Waals surface area contributed by atoms with Crippen molar-refractivity contribution in [2.75, 3.05) is 0 Å². The number of likely N-dealkylation sites (tertiary alicyclic amines) is 1. The monoisotopic (exact) mass is 517 g/mol.